The molecule has 1 aromatic carbocycles. The summed E-state index contributed by atoms with van der Waals surface area (Å²) >= 11 is 0. The van der Waals surface area contributed by atoms with E-state index in [9.17, 15) is 0 Å². The Bertz CT molecular complexity index is 774. The largest absolute Gasteiger partial charge is 0.379 e. The average Bonchev–Trinajstić information content (AvgIpc) is 3.44. The maximum absolute atomic E-state index is 5.85. The second kappa shape index (κ2) is 7.93. The van der Waals surface area contributed by atoms with Crippen molar-refractivity contribution in [1.29, 1.82) is 0 Å². The molecule has 3 aliphatic rings. The van der Waals surface area contributed by atoms with Crippen molar-refractivity contribution in [2.75, 3.05) is 52.5 Å². The molecule has 0 unspecified atom stereocenters. The quantitative estimate of drug-likeness (QED) is 0.766. The topological polar surface area (TPSA) is 54.6 Å². The molecular formula is C22H30N4O2. The van der Waals surface area contributed by atoms with Crippen LogP contribution in [0.1, 0.15) is 31.6 Å². The van der Waals surface area contributed by atoms with Crippen molar-refractivity contribution in [3.8, 4) is 11.4 Å². The summed E-state index contributed by atoms with van der Waals surface area (Å²) in [6.45, 7) is 8.51. The van der Waals surface area contributed by atoms with Crippen LogP contribution in [0.4, 0.5) is 0 Å². The number of aromatic nitrogens is 2. The van der Waals surface area contributed by atoms with Gasteiger partial charge in [-0.05, 0) is 38.3 Å². The first-order valence-corrected chi connectivity index (χ1v) is 10.8. The number of ether oxygens (including phenoxy) is 1. The number of hydrogen-bond donors (Lipinski definition) is 0. The van der Waals surface area contributed by atoms with Gasteiger partial charge in [-0.1, -0.05) is 41.9 Å². The lowest BCUT2D eigenvalue weighted by Crippen LogP contribution is -2.38. The zero-order valence-electron chi connectivity index (χ0n) is 16.6. The lowest BCUT2D eigenvalue weighted by atomic mass is 9.80. The normalized spacial score (nSPS) is 28.6. The van der Waals surface area contributed by atoms with Crippen molar-refractivity contribution in [2.45, 2.75) is 31.1 Å². The Labute approximate surface area is 166 Å². The van der Waals surface area contributed by atoms with E-state index in [4.69, 9.17) is 14.2 Å². The van der Waals surface area contributed by atoms with Crippen LogP contribution in [-0.4, -0.2) is 72.4 Å². The monoisotopic (exact) mass is 382 g/mol. The fourth-order valence-corrected chi connectivity index (χ4v) is 5.39. The van der Waals surface area contributed by atoms with E-state index in [0.29, 0.717) is 5.92 Å². The highest BCUT2D eigenvalue weighted by Crippen LogP contribution is 2.50. The van der Waals surface area contributed by atoms with Gasteiger partial charge in [-0.15, -0.1) is 0 Å². The maximum atomic E-state index is 5.85. The minimum absolute atomic E-state index is 0.0684. The summed E-state index contributed by atoms with van der Waals surface area (Å²) in [5.41, 5.74) is 1.10. The third-order valence-electron chi connectivity index (χ3n) is 6.88. The first-order chi connectivity index (χ1) is 13.8. The molecule has 6 nitrogen and oxygen atoms in total. The predicted octanol–water partition coefficient (Wildman–Crippen LogP) is 2.81. The molecule has 2 aliphatic heterocycles. The fraction of sp³-hybridized carbons (Fsp3) is 0.636. The van der Waals surface area contributed by atoms with Gasteiger partial charge in [-0.3, -0.25) is 4.90 Å². The molecule has 0 amide bonds. The molecule has 6 heteroatoms. The van der Waals surface area contributed by atoms with Gasteiger partial charge in [0, 0.05) is 31.7 Å². The van der Waals surface area contributed by atoms with Gasteiger partial charge < -0.3 is 14.2 Å². The maximum Gasteiger partial charge on any atom is 0.234 e. The van der Waals surface area contributed by atoms with E-state index in [1.54, 1.807) is 0 Å². The molecular weight excluding hydrogens is 352 g/mol. The lowest BCUT2D eigenvalue weighted by molar-refractivity contribution is 0.0363. The van der Waals surface area contributed by atoms with E-state index in [1.807, 2.05) is 30.3 Å². The van der Waals surface area contributed by atoms with Gasteiger partial charge in [-0.2, -0.15) is 4.98 Å². The summed E-state index contributed by atoms with van der Waals surface area (Å²) in [7, 11) is 0. The number of rotatable bonds is 6. The molecule has 2 aromatic rings. The molecule has 0 spiro atoms. The Morgan fingerprint density at radius 2 is 1.89 bits per heavy atom. The van der Waals surface area contributed by atoms with Crippen molar-refractivity contribution in [3.05, 3.63) is 36.2 Å². The van der Waals surface area contributed by atoms with Crippen LogP contribution in [0.5, 0.6) is 0 Å². The Morgan fingerprint density at radius 3 is 2.75 bits per heavy atom. The number of likely N-dealkylation sites (tertiary alicyclic amines) is 1. The molecule has 3 heterocycles. The predicted molar refractivity (Wildman–Crippen MR) is 107 cm³/mol. The molecule has 0 bridgehead atoms. The van der Waals surface area contributed by atoms with Crippen molar-refractivity contribution in [3.63, 3.8) is 0 Å². The van der Waals surface area contributed by atoms with E-state index in [1.165, 1.54) is 38.8 Å². The van der Waals surface area contributed by atoms with Crippen LogP contribution in [0.3, 0.4) is 0 Å². The summed E-state index contributed by atoms with van der Waals surface area (Å²) in [5.74, 6) is 2.24. The van der Waals surface area contributed by atoms with Crippen LogP contribution in [0.2, 0.25) is 0 Å². The van der Waals surface area contributed by atoms with Gasteiger partial charge in [-0.25, -0.2) is 0 Å². The number of hydrogen-bond acceptors (Lipinski definition) is 6. The van der Waals surface area contributed by atoms with Gasteiger partial charge >= 0.3 is 0 Å². The van der Waals surface area contributed by atoms with Crippen molar-refractivity contribution < 1.29 is 9.26 Å². The molecule has 2 saturated heterocycles. The molecule has 5 rings (SSSR count). The molecule has 1 aromatic heterocycles. The van der Waals surface area contributed by atoms with Crippen LogP contribution in [0.25, 0.3) is 11.4 Å². The SMILES string of the molecule is c1ccc(-c2noc([C@@]34CCC[C@@H]3CN(CCCN3CCOCC3)C4)n2)cc1. The molecule has 150 valence electrons. The molecule has 0 N–H and O–H groups in total. The van der Waals surface area contributed by atoms with Crippen molar-refractivity contribution in [1.82, 2.24) is 19.9 Å². The van der Waals surface area contributed by atoms with Crippen LogP contribution in [-0.2, 0) is 10.2 Å². The second-order valence-corrected chi connectivity index (χ2v) is 8.58. The fourth-order valence-electron chi connectivity index (χ4n) is 5.39. The third-order valence-corrected chi connectivity index (χ3v) is 6.88. The smallest absolute Gasteiger partial charge is 0.234 e. The first-order valence-electron chi connectivity index (χ1n) is 10.8. The van der Waals surface area contributed by atoms with E-state index >= 15 is 0 Å². The average molecular weight is 383 g/mol. The van der Waals surface area contributed by atoms with Gasteiger partial charge in [0.05, 0.1) is 18.6 Å². The summed E-state index contributed by atoms with van der Waals surface area (Å²) in [4.78, 5) is 10.0. The van der Waals surface area contributed by atoms with Crippen LogP contribution < -0.4 is 0 Å². The minimum atomic E-state index is 0.0684. The van der Waals surface area contributed by atoms with E-state index in [2.05, 4.69) is 15.0 Å². The minimum Gasteiger partial charge on any atom is -0.379 e. The van der Waals surface area contributed by atoms with Gasteiger partial charge in [0.1, 0.15) is 0 Å². The standard InChI is InChI=1S/C22H30N4O2/c1-2-6-18(7-3-1)20-23-21(28-24-20)22-9-4-8-19(22)16-26(17-22)11-5-10-25-12-14-27-15-13-25/h1-3,6-7,19H,4-5,8-17H2/t19-,22-/m1/s1. The van der Waals surface area contributed by atoms with Gasteiger partial charge in [0.15, 0.2) is 0 Å². The molecule has 0 radical (unpaired) electrons. The lowest BCUT2D eigenvalue weighted by Gasteiger charge is -2.28. The first kappa shape index (κ1) is 18.3. The zero-order chi connectivity index (χ0) is 18.8. The van der Waals surface area contributed by atoms with E-state index < -0.39 is 0 Å². The highest BCUT2D eigenvalue weighted by Gasteiger charge is 2.53. The third kappa shape index (κ3) is 3.49. The van der Waals surface area contributed by atoms with Crippen molar-refractivity contribution in [2.24, 2.45) is 5.92 Å². The van der Waals surface area contributed by atoms with E-state index in [-0.39, 0.29) is 5.41 Å². The van der Waals surface area contributed by atoms with Gasteiger partial charge in [0.2, 0.25) is 11.7 Å². The van der Waals surface area contributed by atoms with Crippen LogP contribution in [0.15, 0.2) is 34.9 Å². The summed E-state index contributed by atoms with van der Waals surface area (Å²) in [5, 5.41) is 4.31. The molecule has 1 aliphatic carbocycles. The summed E-state index contributed by atoms with van der Waals surface area (Å²) in [6, 6.07) is 10.2. The molecule has 1 saturated carbocycles. The van der Waals surface area contributed by atoms with E-state index in [0.717, 1.165) is 56.7 Å². The van der Waals surface area contributed by atoms with Crippen molar-refractivity contribution >= 4 is 0 Å². The van der Waals surface area contributed by atoms with Crippen LogP contribution in [0, 0.1) is 5.92 Å². The Balaban J connectivity index is 1.24. The zero-order valence-corrected chi connectivity index (χ0v) is 16.6. The molecule has 2 atom stereocenters. The highest BCUT2D eigenvalue weighted by atomic mass is 16.5. The molecule has 28 heavy (non-hydrogen) atoms. The Morgan fingerprint density at radius 1 is 1.07 bits per heavy atom. The summed E-state index contributed by atoms with van der Waals surface area (Å²) in [6.07, 6.45) is 4.95. The number of morpholine rings is 1. The summed E-state index contributed by atoms with van der Waals surface area (Å²) < 4.78 is 11.3. The number of fused-ring (bicyclic) bond motifs is 1. The Kier molecular flexibility index (Phi) is 5.18. The number of nitrogens with zero attached hydrogens (tertiary/aromatic N) is 4. The molecule has 3 fully saturated rings. The number of benzene rings is 1. The Hall–Kier alpha value is -1.76. The van der Waals surface area contributed by atoms with Gasteiger partial charge in [0.25, 0.3) is 0 Å². The second-order valence-electron chi connectivity index (χ2n) is 8.58. The van der Waals surface area contributed by atoms with Crippen LogP contribution >= 0.6 is 0 Å². The highest BCUT2D eigenvalue weighted by molar-refractivity contribution is 5.53.